The van der Waals surface area contributed by atoms with Gasteiger partial charge in [0.05, 0.1) is 5.25 Å². The van der Waals surface area contributed by atoms with Crippen LogP contribution in [0.5, 0.6) is 0 Å². The summed E-state index contributed by atoms with van der Waals surface area (Å²) in [6.07, 6.45) is 0. The Labute approximate surface area is 165 Å². The molecule has 1 fully saturated rings. The Balaban J connectivity index is 1.57. The van der Waals surface area contributed by atoms with Gasteiger partial charge in [-0.3, -0.25) is 4.79 Å². The van der Waals surface area contributed by atoms with Crippen molar-refractivity contribution in [2.75, 3.05) is 31.1 Å². The maximum atomic E-state index is 12.8. The Morgan fingerprint density at radius 2 is 1.69 bits per heavy atom. The normalized spacial score (nSPS) is 15.8. The summed E-state index contributed by atoms with van der Waals surface area (Å²) in [5.74, 6) is 0.213. The fraction of sp³-hybridized carbons (Fsp3) is 0.381. The first-order valence-corrected chi connectivity index (χ1v) is 10.2. The molecule has 0 aliphatic carbocycles. The van der Waals surface area contributed by atoms with Gasteiger partial charge in [-0.25, -0.2) is 0 Å². The van der Waals surface area contributed by atoms with E-state index in [4.69, 9.17) is 11.6 Å². The fourth-order valence-corrected chi connectivity index (χ4v) is 4.35. The molecule has 0 N–H and O–H groups in total. The van der Waals surface area contributed by atoms with Crippen LogP contribution in [0.2, 0.25) is 5.02 Å². The van der Waals surface area contributed by atoms with Crippen molar-refractivity contribution in [1.29, 1.82) is 0 Å². The van der Waals surface area contributed by atoms with Gasteiger partial charge in [-0.1, -0.05) is 23.7 Å². The van der Waals surface area contributed by atoms with Crippen molar-refractivity contribution in [3.05, 3.63) is 58.6 Å². The molecule has 1 atom stereocenters. The van der Waals surface area contributed by atoms with E-state index >= 15 is 0 Å². The van der Waals surface area contributed by atoms with Crippen LogP contribution < -0.4 is 4.90 Å². The van der Waals surface area contributed by atoms with Crippen LogP contribution in [0.4, 0.5) is 5.69 Å². The van der Waals surface area contributed by atoms with Gasteiger partial charge in [0.2, 0.25) is 5.91 Å². The largest absolute Gasteiger partial charge is 0.368 e. The maximum Gasteiger partial charge on any atom is 0.235 e. The number of rotatable bonds is 4. The molecule has 138 valence electrons. The SMILES string of the molecule is Cc1cccc(N2CCN(C(=O)[C@@H](C)Sc3ccc(Cl)cc3)CC2)c1C. The van der Waals surface area contributed by atoms with Crippen LogP contribution in [-0.4, -0.2) is 42.2 Å². The fourth-order valence-electron chi connectivity index (χ4n) is 3.27. The van der Waals surface area contributed by atoms with Crippen molar-refractivity contribution in [2.24, 2.45) is 0 Å². The monoisotopic (exact) mass is 388 g/mol. The molecule has 26 heavy (non-hydrogen) atoms. The third-order valence-electron chi connectivity index (χ3n) is 4.98. The van der Waals surface area contributed by atoms with Crippen molar-refractivity contribution in [3.63, 3.8) is 0 Å². The molecule has 1 aliphatic heterocycles. The van der Waals surface area contributed by atoms with Gasteiger partial charge in [-0.2, -0.15) is 0 Å². The molecule has 0 radical (unpaired) electrons. The van der Waals surface area contributed by atoms with E-state index in [0.29, 0.717) is 0 Å². The summed E-state index contributed by atoms with van der Waals surface area (Å²) in [5.41, 5.74) is 3.94. The molecule has 3 rings (SSSR count). The average Bonchev–Trinajstić information content (AvgIpc) is 2.65. The predicted molar refractivity (Wildman–Crippen MR) is 111 cm³/mol. The number of benzene rings is 2. The maximum absolute atomic E-state index is 12.8. The second kappa shape index (κ2) is 8.36. The van der Waals surface area contributed by atoms with Crippen molar-refractivity contribution in [3.8, 4) is 0 Å². The molecular weight excluding hydrogens is 364 g/mol. The molecule has 2 aromatic carbocycles. The van der Waals surface area contributed by atoms with Crippen molar-refractivity contribution >= 4 is 35.0 Å². The van der Waals surface area contributed by atoms with Crippen LogP contribution >= 0.6 is 23.4 Å². The summed E-state index contributed by atoms with van der Waals surface area (Å²) in [4.78, 5) is 18.3. The number of nitrogens with zero attached hydrogens (tertiary/aromatic N) is 2. The van der Waals surface area contributed by atoms with Crippen LogP contribution in [-0.2, 0) is 4.79 Å². The first-order chi connectivity index (χ1) is 12.5. The molecule has 0 bridgehead atoms. The first kappa shape index (κ1) is 19.1. The Hall–Kier alpha value is -1.65. The minimum atomic E-state index is -0.0940. The van der Waals surface area contributed by atoms with E-state index in [9.17, 15) is 4.79 Å². The summed E-state index contributed by atoms with van der Waals surface area (Å²) in [6, 6.07) is 14.1. The molecule has 5 heteroatoms. The highest BCUT2D eigenvalue weighted by atomic mass is 35.5. The van der Waals surface area contributed by atoms with Gasteiger partial charge in [0.1, 0.15) is 0 Å². The van der Waals surface area contributed by atoms with Gasteiger partial charge in [-0.15, -0.1) is 11.8 Å². The second-order valence-electron chi connectivity index (χ2n) is 6.75. The van der Waals surface area contributed by atoms with Crippen LogP contribution in [0.25, 0.3) is 0 Å². The van der Waals surface area contributed by atoms with Gasteiger partial charge >= 0.3 is 0 Å². The summed E-state index contributed by atoms with van der Waals surface area (Å²) in [6.45, 7) is 9.62. The van der Waals surface area contributed by atoms with Gasteiger partial charge in [0.25, 0.3) is 0 Å². The quantitative estimate of drug-likeness (QED) is 0.704. The smallest absolute Gasteiger partial charge is 0.235 e. The zero-order valence-corrected chi connectivity index (χ0v) is 17.1. The number of anilines is 1. The summed E-state index contributed by atoms with van der Waals surface area (Å²) < 4.78 is 0. The lowest BCUT2D eigenvalue weighted by Crippen LogP contribution is -2.50. The van der Waals surface area contributed by atoms with Crippen LogP contribution in [0.1, 0.15) is 18.1 Å². The third kappa shape index (κ3) is 4.36. The highest BCUT2D eigenvalue weighted by molar-refractivity contribution is 8.00. The highest BCUT2D eigenvalue weighted by Gasteiger charge is 2.26. The molecule has 3 nitrogen and oxygen atoms in total. The predicted octanol–water partition coefficient (Wildman–Crippen LogP) is 4.79. The summed E-state index contributed by atoms with van der Waals surface area (Å²) in [5, 5.41) is 0.624. The molecule has 2 aromatic rings. The molecule has 1 amide bonds. The van der Waals surface area contributed by atoms with E-state index in [0.717, 1.165) is 36.1 Å². The molecule has 1 saturated heterocycles. The average molecular weight is 389 g/mol. The Morgan fingerprint density at radius 3 is 2.35 bits per heavy atom. The zero-order valence-electron chi connectivity index (χ0n) is 15.5. The number of thioether (sulfide) groups is 1. The Kier molecular flexibility index (Phi) is 6.15. The van der Waals surface area contributed by atoms with E-state index < -0.39 is 0 Å². The van der Waals surface area contributed by atoms with E-state index in [1.807, 2.05) is 36.1 Å². The van der Waals surface area contributed by atoms with Crippen molar-refractivity contribution < 1.29 is 4.79 Å². The molecular formula is C21H25ClN2OS. The second-order valence-corrected chi connectivity index (χ2v) is 8.60. The first-order valence-electron chi connectivity index (χ1n) is 8.98. The molecule has 0 saturated carbocycles. The number of hydrogen-bond donors (Lipinski definition) is 0. The molecule has 0 unspecified atom stereocenters. The van der Waals surface area contributed by atoms with Gasteiger partial charge in [0, 0.05) is 41.8 Å². The Bertz CT molecular complexity index is 770. The molecule has 0 spiro atoms. The van der Waals surface area contributed by atoms with E-state index in [-0.39, 0.29) is 11.2 Å². The standard InChI is InChI=1S/C21H25ClN2OS/c1-15-5-4-6-20(16(15)2)23-11-13-24(14-12-23)21(25)17(3)26-19-9-7-18(22)8-10-19/h4-10,17H,11-14H2,1-3H3/t17-/m1/s1. The van der Waals surface area contributed by atoms with Gasteiger partial charge < -0.3 is 9.80 Å². The zero-order chi connectivity index (χ0) is 18.7. The number of amides is 1. The third-order valence-corrected chi connectivity index (χ3v) is 6.33. The van der Waals surface area contributed by atoms with Crippen LogP contribution in [0, 0.1) is 13.8 Å². The minimum absolute atomic E-state index is 0.0940. The number of piperazine rings is 1. The molecule has 1 heterocycles. The van der Waals surface area contributed by atoms with E-state index in [1.54, 1.807) is 11.8 Å². The van der Waals surface area contributed by atoms with Crippen molar-refractivity contribution in [2.45, 2.75) is 30.9 Å². The number of halogens is 1. The van der Waals surface area contributed by atoms with Crippen molar-refractivity contribution in [1.82, 2.24) is 4.90 Å². The molecule has 1 aliphatic rings. The number of carbonyl (C=O) groups excluding carboxylic acids is 1. The lowest BCUT2D eigenvalue weighted by molar-refractivity contribution is -0.130. The van der Waals surface area contributed by atoms with E-state index in [1.165, 1.54) is 16.8 Å². The lowest BCUT2D eigenvalue weighted by Gasteiger charge is -2.38. The van der Waals surface area contributed by atoms with Crippen LogP contribution in [0.15, 0.2) is 47.4 Å². The van der Waals surface area contributed by atoms with Gasteiger partial charge in [0.15, 0.2) is 0 Å². The van der Waals surface area contributed by atoms with E-state index in [2.05, 4.69) is 36.9 Å². The topological polar surface area (TPSA) is 23.6 Å². The molecule has 0 aromatic heterocycles. The number of hydrogen-bond acceptors (Lipinski definition) is 3. The van der Waals surface area contributed by atoms with Gasteiger partial charge in [-0.05, 0) is 62.2 Å². The Morgan fingerprint density at radius 1 is 1.04 bits per heavy atom. The highest BCUT2D eigenvalue weighted by Crippen LogP contribution is 2.27. The summed E-state index contributed by atoms with van der Waals surface area (Å²) >= 11 is 7.52. The number of aryl methyl sites for hydroxylation is 1. The lowest BCUT2D eigenvalue weighted by atomic mass is 10.1. The van der Waals surface area contributed by atoms with Crippen LogP contribution in [0.3, 0.4) is 0 Å². The minimum Gasteiger partial charge on any atom is -0.368 e. The summed E-state index contributed by atoms with van der Waals surface area (Å²) in [7, 11) is 0. The number of carbonyl (C=O) groups is 1.